The number of rotatable bonds is 6. The lowest BCUT2D eigenvalue weighted by molar-refractivity contribution is -0.376. The molecule has 6 nitrogen and oxygen atoms in total. The van der Waals surface area contributed by atoms with E-state index in [0.29, 0.717) is 37.8 Å². The summed E-state index contributed by atoms with van der Waals surface area (Å²) in [5.41, 5.74) is -6.56. The fraction of sp³-hybridized carbons (Fsp3) is 0.500. The molecule has 2 unspecified atom stereocenters. The van der Waals surface area contributed by atoms with Crippen molar-refractivity contribution in [2.45, 2.75) is 86.0 Å². The van der Waals surface area contributed by atoms with Crippen molar-refractivity contribution in [3.63, 3.8) is 0 Å². The minimum absolute atomic E-state index is 0.0298. The summed E-state index contributed by atoms with van der Waals surface area (Å²) in [5, 5.41) is 22.4. The number of carbonyl (C=O) groups is 1. The van der Waals surface area contributed by atoms with Gasteiger partial charge in [-0.05, 0) is 74.4 Å². The molecule has 1 amide bonds. The number of hydrogen-bond acceptors (Lipinski definition) is 4. The highest BCUT2D eigenvalue weighted by Gasteiger charge is 2.71. The van der Waals surface area contributed by atoms with Crippen LogP contribution in [-0.4, -0.2) is 50.9 Å². The van der Waals surface area contributed by atoms with E-state index in [1.54, 1.807) is 0 Å². The Morgan fingerprint density at radius 2 is 1.55 bits per heavy atom. The number of benzene rings is 2. The average Bonchev–Trinajstić information content (AvgIpc) is 2.88. The molecule has 14 heteroatoms. The molecule has 3 N–H and O–H groups in total. The number of aliphatic hydroxyl groups excluding tert-OH is 1. The normalized spacial score (nSPS) is 22.9. The highest BCUT2D eigenvalue weighted by atomic mass is 32.2. The fourth-order valence-electron chi connectivity index (χ4n) is 5.14. The summed E-state index contributed by atoms with van der Waals surface area (Å²) >= 11 is 0. The van der Waals surface area contributed by atoms with E-state index in [-0.39, 0.29) is 41.5 Å². The van der Waals surface area contributed by atoms with Crippen molar-refractivity contribution in [3.05, 3.63) is 59.4 Å². The quantitative estimate of drug-likeness (QED) is 0.419. The molecule has 0 saturated heterocycles. The van der Waals surface area contributed by atoms with Gasteiger partial charge in [-0.15, -0.1) is 0 Å². The second-order valence-electron chi connectivity index (χ2n) is 10.0. The lowest BCUT2D eigenvalue weighted by Gasteiger charge is -2.39. The van der Waals surface area contributed by atoms with Gasteiger partial charge in [0.2, 0.25) is 5.91 Å². The van der Waals surface area contributed by atoms with Gasteiger partial charge in [-0.3, -0.25) is 9.10 Å². The van der Waals surface area contributed by atoms with Crippen LogP contribution in [0.5, 0.6) is 0 Å². The number of aryl methyl sites for hydroxylation is 1. The number of anilines is 1. The van der Waals surface area contributed by atoms with Crippen LogP contribution in [0, 0.1) is 5.82 Å². The number of amides is 1. The minimum Gasteiger partial charge on any atom is -0.393 e. The van der Waals surface area contributed by atoms with E-state index < -0.39 is 58.4 Å². The van der Waals surface area contributed by atoms with Gasteiger partial charge in [0.25, 0.3) is 5.60 Å². The number of halogens is 7. The first-order valence-corrected chi connectivity index (χ1v) is 13.7. The largest absolute Gasteiger partial charge is 0.430 e. The van der Waals surface area contributed by atoms with E-state index in [0.717, 1.165) is 18.2 Å². The lowest BCUT2D eigenvalue weighted by atomic mass is 9.87. The van der Waals surface area contributed by atoms with E-state index >= 15 is 0 Å². The Bertz CT molecular complexity index is 1230. The van der Waals surface area contributed by atoms with Gasteiger partial charge >= 0.3 is 12.4 Å². The van der Waals surface area contributed by atoms with Crippen LogP contribution < -0.4 is 9.62 Å². The molecule has 0 spiro atoms. The van der Waals surface area contributed by atoms with E-state index in [1.165, 1.54) is 16.4 Å². The van der Waals surface area contributed by atoms with Crippen molar-refractivity contribution in [3.8, 4) is 0 Å². The Morgan fingerprint density at radius 3 is 2.12 bits per heavy atom. The van der Waals surface area contributed by atoms with Crippen LogP contribution in [0.2, 0.25) is 0 Å². The molecule has 1 fully saturated rings. The number of alkyl halides is 6. The molecule has 2 aromatic rings. The van der Waals surface area contributed by atoms with Gasteiger partial charge in [-0.1, -0.05) is 12.1 Å². The molecule has 220 valence electrons. The van der Waals surface area contributed by atoms with Crippen molar-refractivity contribution >= 4 is 22.6 Å². The fourth-order valence-corrected chi connectivity index (χ4v) is 6.55. The van der Waals surface area contributed by atoms with Crippen LogP contribution in [0.15, 0.2) is 47.4 Å². The van der Waals surface area contributed by atoms with E-state index in [4.69, 9.17) is 0 Å². The molecule has 40 heavy (non-hydrogen) atoms. The van der Waals surface area contributed by atoms with Crippen LogP contribution in [0.3, 0.4) is 0 Å². The molecule has 0 bridgehead atoms. The number of hydrogen-bond donors (Lipinski definition) is 3. The van der Waals surface area contributed by atoms with Crippen molar-refractivity contribution in [1.29, 1.82) is 0 Å². The maximum absolute atomic E-state index is 13.6. The highest BCUT2D eigenvalue weighted by Crippen LogP contribution is 2.51. The van der Waals surface area contributed by atoms with Crippen LogP contribution in [-0.2, 0) is 27.8 Å². The molecule has 1 heterocycles. The molecule has 1 saturated carbocycles. The van der Waals surface area contributed by atoms with Gasteiger partial charge in [-0.25, -0.2) is 8.60 Å². The minimum atomic E-state index is -6.07. The van der Waals surface area contributed by atoms with Crippen LogP contribution >= 0.6 is 0 Å². The highest BCUT2D eigenvalue weighted by molar-refractivity contribution is 7.86. The van der Waals surface area contributed by atoms with Gasteiger partial charge in [0.1, 0.15) is 5.82 Å². The summed E-state index contributed by atoms with van der Waals surface area (Å²) in [7, 11) is -2.11. The van der Waals surface area contributed by atoms with Crippen LogP contribution in [0.1, 0.15) is 49.7 Å². The topological polar surface area (TPSA) is 89.9 Å². The standard InChI is InChI=1S/C26H27F7N2O4S/c27-17-3-10-21(11-4-17)40(39)35-19(14-23(37)34-18-5-8-20(36)9-6-18)7-1-15-13-16(2-12-22(15)35)24(38,25(28,29)30)26(31,32)33/h2-4,10-13,18-20,36,38H,1,5-9,14H2,(H,34,37). The molecule has 0 radical (unpaired) electrons. The third-order valence-electron chi connectivity index (χ3n) is 7.31. The number of nitrogens with zero attached hydrogens (tertiary/aromatic N) is 1. The Hall–Kier alpha value is -2.71. The molecule has 2 atom stereocenters. The predicted molar refractivity (Wildman–Crippen MR) is 131 cm³/mol. The number of aliphatic hydroxyl groups is 2. The molecule has 2 aromatic carbocycles. The second kappa shape index (κ2) is 11.3. The summed E-state index contributed by atoms with van der Waals surface area (Å²) < 4.78 is 109. The summed E-state index contributed by atoms with van der Waals surface area (Å²) in [6.07, 6.45) is -10.6. The summed E-state index contributed by atoms with van der Waals surface area (Å²) in [6, 6.07) is 5.60. The smallest absolute Gasteiger partial charge is 0.393 e. The van der Waals surface area contributed by atoms with E-state index in [2.05, 4.69) is 5.32 Å². The van der Waals surface area contributed by atoms with E-state index in [1.807, 2.05) is 0 Å². The zero-order valence-corrected chi connectivity index (χ0v) is 21.8. The SMILES string of the molecule is O=C(CC1CCc2cc(C(O)(C(F)(F)F)C(F)(F)F)ccc2N1S(=O)c1ccc(F)cc1)NC1CCC(O)CC1. The maximum atomic E-state index is 13.6. The summed E-state index contributed by atoms with van der Waals surface area (Å²) in [5.74, 6) is -1.01. The molecular formula is C26H27F7N2O4S. The second-order valence-corrected chi connectivity index (χ2v) is 11.4. The van der Waals surface area contributed by atoms with E-state index in [9.17, 15) is 49.9 Å². The zero-order valence-electron chi connectivity index (χ0n) is 20.9. The van der Waals surface area contributed by atoms with Crippen molar-refractivity contribution in [2.75, 3.05) is 4.31 Å². The number of carbonyl (C=O) groups excluding carboxylic acids is 1. The van der Waals surface area contributed by atoms with Crippen LogP contribution in [0.4, 0.5) is 36.4 Å². The monoisotopic (exact) mass is 596 g/mol. The molecule has 0 aromatic heterocycles. The number of fused-ring (bicyclic) bond motifs is 1. The lowest BCUT2D eigenvalue weighted by Crippen LogP contribution is -2.54. The first kappa shape index (κ1) is 30.3. The first-order chi connectivity index (χ1) is 18.6. The summed E-state index contributed by atoms with van der Waals surface area (Å²) in [4.78, 5) is 13.0. The molecular weight excluding hydrogens is 569 g/mol. The van der Waals surface area contributed by atoms with Gasteiger partial charge in [0, 0.05) is 18.0 Å². The Morgan fingerprint density at radius 1 is 0.950 bits per heavy atom. The third kappa shape index (κ3) is 5.98. The summed E-state index contributed by atoms with van der Waals surface area (Å²) in [6.45, 7) is 0. The predicted octanol–water partition coefficient (Wildman–Crippen LogP) is 4.79. The Kier molecular flexibility index (Phi) is 8.53. The van der Waals surface area contributed by atoms with Crippen molar-refractivity contribution in [2.24, 2.45) is 0 Å². The van der Waals surface area contributed by atoms with Gasteiger partial charge in [0.05, 0.1) is 22.7 Å². The zero-order chi connectivity index (χ0) is 29.5. The number of nitrogens with one attached hydrogen (secondary N) is 1. The van der Waals surface area contributed by atoms with Gasteiger partial charge in [0.15, 0.2) is 11.0 Å². The average molecular weight is 597 g/mol. The Labute approximate surface area is 227 Å². The van der Waals surface area contributed by atoms with Crippen molar-refractivity contribution < 1.29 is 49.9 Å². The third-order valence-corrected chi connectivity index (χ3v) is 8.84. The molecule has 2 aliphatic rings. The van der Waals surface area contributed by atoms with Crippen molar-refractivity contribution in [1.82, 2.24) is 5.32 Å². The molecule has 1 aliphatic heterocycles. The van der Waals surface area contributed by atoms with Crippen LogP contribution in [0.25, 0.3) is 0 Å². The first-order valence-electron chi connectivity index (χ1n) is 12.5. The van der Waals surface area contributed by atoms with Gasteiger partial charge in [-0.2, -0.15) is 26.3 Å². The maximum Gasteiger partial charge on any atom is 0.430 e. The van der Waals surface area contributed by atoms with Gasteiger partial charge < -0.3 is 15.5 Å². The Balaban J connectivity index is 1.68. The molecule has 1 aliphatic carbocycles. The molecule has 4 rings (SSSR count).